The van der Waals surface area contributed by atoms with E-state index in [4.69, 9.17) is 9.47 Å². The molecule has 1 fully saturated rings. The summed E-state index contributed by atoms with van der Waals surface area (Å²) in [6.07, 6.45) is -2.10. The first-order valence-corrected chi connectivity index (χ1v) is 8.58. The van der Waals surface area contributed by atoms with Gasteiger partial charge in [-0.3, -0.25) is 4.79 Å². The molecule has 0 spiro atoms. The lowest BCUT2D eigenvalue weighted by Crippen LogP contribution is -2.40. The number of carbonyl (C=O) groups is 2. The molecular weight excluding hydrogens is 341 g/mol. The number of esters is 1. The van der Waals surface area contributed by atoms with Crippen LogP contribution in [0.3, 0.4) is 0 Å². The van der Waals surface area contributed by atoms with Gasteiger partial charge in [-0.1, -0.05) is 34.2 Å². The summed E-state index contributed by atoms with van der Waals surface area (Å²) in [5.41, 5.74) is -0.194. The molecule has 1 aromatic carbocycles. The Morgan fingerprint density at radius 3 is 2.50 bits per heavy atom. The van der Waals surface area contributed by atoms with Crippen molar-refractivity contribution in [1.29, 1.82) is 0 Å². The summed E-state index contributed by atoms with van der Waals surface area (Å²) in [4.78, 5) is 23.6. The van der Waals surface area contributed by atoms with Gasteiger partial charge in [-0.2, -0.15) is 12.7 Å². The largest absolute Gasteiger partial charge is 0.460 e. The summed E-state index contributed by atoms with van der Waals surface area (Å²) in [6, 6.07) is 8.53. The van der Waals surface area contributed by atoms with E-state index in [1.54, 1.807) is 44.2 Å². The van der Waals surface area contributed by atoms with Crippen LogP contribution in [0.1, 0.15) is 25.8 Å². The third-order valence-electron chi connectivity index (χ3n) is 3.61. The standard InChI is InChI=1S/C15H18FNO6S/c1-15(2)8-12(23-13(15)18)9-17(24(16,20)21)14(19)22-10-11-6-4-3-5-7-11/h3-7,12H,8-10H2,1-2H3/t12-/m0/s1. The molecule has 9 heteroatoms. The number of nitrogens with zero attached hydrogens (tertiary/aromatic N) is 1. The van der Waals surface area contributed by atoms with Crippen LogP contribution in [0, 0.1) is 5.41 Å². The molecule has 24 heavy (non-hydrogen) atoms. The minimum absolute atomic E-state index is 0.0602. The second-order valence-electron chi connectivity index (χ2n) is 6.13. The van der Waals surface area contributed by atoms with Crippen LogP contribution >= 0.6 is 0 Å². The number of amides is 1. The van der Waals surface area contributed by atoms with Gasteiger partial charge >= 0.3 is 22.5 Å². The maximum absolute atomic E-state index is 13.4. The van der Waals surface area contributed by atoms with E-state index in [2.05, 4.69) is 0 Å². The average molecular weight is 359 g/mol. The van der Waals surface area contributed by atoms with Gasteiger partial charge in [0.2, 0.25) is 0 Å². The van der Waals surface area contributed by atoms with Gasteiger partial charge < -0.3 is 9.47 Å². The van der Waals surface area contributed by atoms with Crippen molar-refractivity contribution in [3.05, 3.63) is 35.9 Å². The zero-order chi connectivity index (χ0) is 18.0. The van der Waals surface area contributed by atoms with E-state index >= 15 is 0 Å². The van der Waals surface area contributed by atoms with Crippen molar-refractivity contribution in [2.75, 3.05) is 6.54 Å². The summed E-state index contributed by atoms with van der Waals surface area (Å²) < 4.78 is 45.7. The molecule has 0 radical (unpaired) electrons. The summed E-state index contributed by atoms with van der Waals surface area (Å²) in [5.74, 6) is -0.527. The lowest BCUT2D eigenvalue weighted by molar-refractivity contribution is -0.147. The van der Waals surface area contributed by atoms with Crippen molar-refractivity contribution in [1.82, 2.24) is 4.31 Å². The smallest absolute Gasteiger partial charge is 0.426 e. The monoisotopic (exact) mass is 359 g/mol. The second-order valence-corrected chi connectivity index (χ2v) is 7.39. The first-order valence-electron chi connectivity index (χ1n) is 7.24. The van der Waals surface area contributed by atoms with E-state index in [9.17, 15) is 21.9 Å². The fourth-order valence-electron chi connectivity index (χ4n) is 2.34. The lowest BCUT2D eigenvalue weighted by Gasteiger charge is -2.20. The van der Waals surface area contributed by atoms with Gasteiger partial charge in [0.15, 0.2) is 0 Å². The Hall–Kier alpha value is -2.16. The summed E-state index contributed by atoms with van der Waals surface area (Å²) in [5, 5.41) is 0. The van der Waals surface area contributed by atoms with Crippen LogP contribution in [0.2, 0.25) is 0 Å². The zero-order valence-electron chi connectivity index (χ0n) is 13.3. The predicted octanol–water partition coefficient (Wildman–Crippen LogP) is 2.18. The van der Waals surface area contributed by atoms with E-state index in [-0.39, 0.29) is 17.3 Å². The summed E-state index contributed by atoms with van der Waals surface area (Å²) in [6.45, 7) is 2.41. The Balaban J connectivity index is 2.03. The van der Waals surface area contributed by atoms with E-state index in [1.807, 2.05) is 0 Å². The van der Waals surface area contributed by atoms with Crippen molar-refractivity contribution >= 4 is 22.5 Å². The molecule has 0 bridgehead atoms. The van der Waals surface area contributed by atoms with E-state index in [0.29, 0.717) is 5.56 Å². The van der Waals surface area contributed by atoms with Gasteiger partial charge in [-0.05, 0) is 19.4 Å². The van der Waals surface area contributed by atoms with Gasteiger partial charge in [0, 0.05) is 6.42 Å². The topological polar surface area (TPSA) is 90.0 Å². The second kappa shape index (κ2) is 6.76. The van der Waals surface area contributed by atoms with Crippen LogP contribution in [0.15, 0.2) is 30.3 Å². The number of ether oxygens (including phenoxy) is 2. The first kappa shape index (κ1) is 18.2. The maximum atomic E-state index is 13.4. The highest BCUT2D eigenvalue weighted by Gasteiger charge is 2.44. The molecule has 1 heterocycles. The summed E-state index contributed by atoms with van der Waals surface area (Å²) >= 11 is 0. The number of halogens is 1. The Morgan fingerprint density at radius 2 is 2.00 bits per heavy atom. The SMILES string of the molecule is CC1(C)C[C@@H](CN(C(=O)OCc2ccccc2)S(=O)(=O)F)OC1=O. The maximum Gasteiger partial charge on any atom is 0.426 e. The van der Waals surface area contributed by atoms with Crippen LogP contribution < -0.4 is 0 Å². The third-order valence-corrected chi connectivity index (χ3v) is 4.43. The number of hydrogen-bond acceptors (Lipinski definition) is 6. The van der Waals surface area contributed by atoms with Crippen molar-refractivity contribution < 1.29 is 31.4 Å². The first-order chi connectivity index (χ1) is 11.1. The van der Waals surface area contributed by atoms with Crippen LogP contribution in [0.5, 0.6) is 0 Å². The highest BCUT2D eigenvalue weighted by Crippen LogP contribution is 2.33. The molecule has 2 rings (SSSR count). The number of carbonyl (C=O) groups excluding carboxylic acids is 2. The summed E-state index contributed by atoms with van der Waals surface area (Å²) in [7, 11) is -5.34. The highest BCUT2D eigenvalue weighted by molar-refractivity contribution is 7.84. The molecule has 1 saturated heterocycles. The van der Waals surface area contributed by atoms with Crippen molar-refractivity contribution in [3.8, 4) is 0 Å². The lowest BCUT2D eigenvalue weighted by atomic mass is 9.90. The van der Waals surface area contributed by atoms with Crippen molar-refractivity contribution in [3.63, 3.8) is 0 Å². The minimum atomic E-state index is -5.34. The fourth-order valence-corrected chi connectivity index (χ4v) is 2.91. The zero-order valence-corrected chi connectivity index (χ0v) is 14.1. The van der Waals surface area contributed by atoms with Crippen molar-refractivity contribution in [2.24, 2.45) is 5.41 Å². The quantitative estimate of drug-likeness (QED) is 0.591. The molecule has 0 aliphatic carbocycles. The van der Waals surface area contributed by atoms with E-state index in [0.717, 1.165) is 0 Å². The Labute approximate surface area is 139 Å². The van der Waals surface area contributed by atoms with Gasteiger partial charge in [0.1, 0.15) is 12.7 Å². The number of cyclic esters (lactones) is 1. The molecular formula is C15H18FNO6S. The van der Waals surface area contributed by atoms with Gasteiger partial charge in [-0.25, -0.2) is 4.79 Å². The van der Waals surface area contributed by atoms with Gasteiger partial charge in [0.05, 0.1) is 12.0 Å². The highest BCUT2D eigenvalue weighted by atomic mass is 32.3. The van der Waals surface area contributed by atoms with Gasteiger partial charge in [-0.15, -0.1) is 0 Å². The normalized spacial score (nSPS) is 19.6. The molecule has 0 unspecified atom stereocenters. The molecule has 132 valence electrons. The van der Waals surface area contributed by atoms with Crippen LogP contribution in [-0.2, 0) is 31.3 Å². The molecule has 1 amide bonds. The van der Waals surface area contributed by atoms with Crippen LogP contribution in [0.4, 0.5) is 8.68 Å². The Kier molecular flexibility index (Phi) is 5.12. The molecule has 1 aliphatic heterocycles. The minimum Gasteiger partial charge on any atom is -0.460 e. The number of hydrogen-bond donors (Lipinski definition) is 0. The molecule has 0 N–H and O–H groups in total. The Bertz CT molecular complexity index is 719. The Morgan fingerprint density at radius 1 is 1.38 bits per heavy atom. The van der Waals surface area contributed by atoms with Gasteiger partial charge in [0.25, 0.3) is 0 Å². The third kappa shape index (κ3) is 4.44. The molecule has 0 saturated carbocycles. The van der Waals surface area contributed by atoms with Crippen molar-refractivity contribution in [2.45, 2.75) is 33.0 Å². The molecule has 0 aromatic heterocycles. The number of benzene rings is 1. The molecule has 1 aromatic rings. The average Bonchev–Trinajstić information content (AvgIpc) is 2.75. The molecule has 7 nitrogen and oxygen atoms in total. The fraction of sp³-hybridized carbons (Fsp3) is 0.467. The predicted molar refractivity (Wildman–Crippen MR) is 81.6 cm³/mol. The van der Waals surface area contributed by atoms with E-state index in [1.165, 1.54) is 0 Å². The molecule has 1 atom stereocenters. The van der Waals surface area contributed by atoms with Crippen LogP contribution in [-0.4, -0.2) is 37.4 Å². The van der Waals surface area contributed by atoms with Crippen LogP contribution in [0.25, 0.3) is 0 Å². The number of rotatable bonds is 5. The molecule has 1 aliphatic rings. The van der Waals surface area contributed by atoms with E-state index < -0.39 is 40.5 Å².